The van der Waals surface area contributed by atoms with Gasteiger partial charge in [0.2, 0.25) is 0 Å². The fourth-order valence-corrected chi connectivity index (χ4v) is 3.10. The van der Waals surface area contributed by atoms with Gasteiger partial charge in [0.1, 0.15) is 5.82 Å². The van der Waals surface area contributed by atoms with Crippen LogP contribution in [-0.4, -0.2) is 6.04 Å². The van der Waals surface area contributed by atoms with Crippen molar-refractivity contribution in [3.8, 4) is 0 Å². The molecule has 2 aromatic carbocycles. The summed E-state index contributed by atoms with van der Waals surface area (Å²) in [4.78, 5) is 1.88. The number of halogens is 2. The molecule has 0 saturated heterocycles. The molecule has 2 aromatic rings. The van der Waals surface area contributed by atoms with Crippen molar-refractivity contribution in [2.24, 2.45) is 5.73 Å². The van der Waals surface area contributed by atoms with Gasteiger partial charge < -0.3 is 5.73 Å². The van der Waals surface area contributed by atoms with Gasteiger partial charge in [-0.1, -0.05) is 35.5 Å². The van der Waals surface area contributed by atoms with E-state index in [4.69, 9.17) is 17.3 Å². The lowest BCUT2D eigenvalue weighted by molar-refractivity contribution is 0.588. The van der Waals surface area contributed by atoms with E-state index in [2.05, 4.69) is 0 Å². The molecule has 0 saturated carbocycles. The predicted molar refractivity (Wildman–Crippen MR) is 79.3 cm³/mol. The Morgan fingerprint density at radius 1 is 1.26 bits per heavy atom. The molecule has 0 amide bonds. The first-order chi connectivity index (χ1) is 9.06. The molecule has 19 heavy (non-hydrogen) atoms. The Morgan fingerprint density at radius 3 is 2.68 bits per heavy atom. The van der Waals surface area contributed by atoms with Gasteiger partial charge in [-0.15, -0.1) is 0 Å². The van der Waals surface area contributed by atoms with E-state index in [1.165, 1.54) is 17.8 Å². The van der Waals surface area contributed by atoms with Crippen molar-refractivity contribution in [3.63, 3.8) is 0 Å². The third-order valence-electron chi connectivity index (χ3n) is 2.63. The highest BCUT2D eigenvalue weighted by Crippen LogP contribution is 2.33. The Bertz CT molecular complexity index is 572. The molecule has 0 heterocycles. The molecule has 100 valence electrons. The van der Waals surface area contributed by atoms with Crippen LogP contribution < -0.4 is 5.73 Å². The fourth-order valence-electron chi connectivity index (χ4n) is 1.81. The van der Waals surface area contributed by atoms with Gasteiger partial charge in [-0.25, -0.2) is 4.39 Å². The van der Waals surface area contributed by atoms with E-state index >= 15 is 0 Å². The van der Waals surface area contributed by atoms with Crippen molar-refractivity contribution in [1.82, 2.24) is 0 Å². The zero-order valence-electron chi connectivity index (χ0n) is 10.6. The molecular weight excluding hydrogens is 281 g/mol. The molecule has 0 aromatic heterocycles. The number of hydrogen-bond donors (Lipinski definition) is 1. The second-order valence-electron chi connectivity index (χ2n) is 4.46. The quantitative estimate of drug-likeness (QED) is 0.897. The summed E-state index contributed by atoms with van der Waals surface area (Å²) in [6.07, 6.45) is 0.523. The lowest BCUT2D eigenvalue weighted by atomic mass is 10.1. The van der Waals surface area contributed by atoms with Crippen molar-refractivity contribution in [2.45, 2.75) is 29.2 Å². The van der Waals surface area contributed by atoms with Crippen LogP contribution in [0.25, 0.3) is 0 Å². The van der Waals surface area contributed by atoms with Crippen LogP contribution in [0, 0.1) is 5.82 Å². The van der Waals surface area contributed by atoms with Crippen molar-refractivity contribution in [1.29, 1.82) is 0 Å². The van der Waals surface area contributed by atoms with Gasteiger partial charge in [0.05, 0.1) is 0 Å². The highest BCUT2D eigenvalue weighted by atomic mass is 35.5. The topological polar surface area (TPSA) is 26.0 Å². The van der Waals surface area contributed by atoms with Gasteiger partial charge in [0, 0.05) is 26.4 Å². The maximum atomic E-state index is 13.9. The lowest BCUT2D eigenvalue weighted by Gasteiger charge is -2.12. The minimum Gasteiger partial charge on any atom is -0.328 e. The largest absolute Gasteiger partial charge is 0.328 e. The first-order valence-electron chi connectivity index (χ1n) is 6.02. The fraction of sp³-hybridized carbons (Fsp3) is 0.200. The molecule has 1 nitrogen and oxygen atoms in total. The minimum atomic E-state index is -0.204. The Hall–Kier alpha value is -1.03. The van der Waals surface area contributed by atoms with E-state index in [-0.39, 0.29) is 11.9 Å². The van der Waals surface area contributed by atoms with Crippen molar-refractivity contribution in [3.05, 3.63) is 58.9 Å². The first-order valence-corrected chi connectivity index (χ1v) is 7.22. The third-order valence-corrected chi connectivity index (χ3v) is 3.95. The molecule has 2 N–H and O–H groups in total. The Labute approximate surface area is 122 Å². The molecular formula is C15H15ClFNS. The second-order valence-corrected chi connectivity index (χ2v) is 6.01. The van der Waals surface area contributed by atoms with E-state index in [0.717, 1.165) is 9.79 Å². The maximum Gasteiger partial charge on any atom is 0.127 e. The van der Waals surface area contributed by atoms with E-state index in [1.807, 2.05) is 37.3 Å². The summed E-state index contributed by atoms with van der Waals surface area (Å²) in [7, 11) is 0. The molecule has 0 aliphatic carbocycles. The molecule has 0 spiro atoms. The summed E-state index contributed by atoms with van der Waals surface area (Å²) in [6.45, 7) is 1.88. The highest BCUT2D eigenvalue weighted by molar-refractivity contribution is 7.99. The van der Waals surface area contributed by atoms with E-state index in [9.17, 15) is 4.39 Å². The van der Waals surface area contributed by atoms with Crippen LogP contribution in [0.15, 0.2) is 52.3 Å². The number of nitrogens with two attached hydrogens (primary N) is 1. The summed E-state index contributed by atoms with van der Waals surface area (Å²) in [5.41, 5.74) is 6.45. The summed E-state index contributed by atoms with van der Waals surface area (Å²) < 4.78 is 13.9. The summed E-state index contributed by atoms with van der Waals surface area (Å²) in [6, 6.07) is 12.5. The van der Waals surface area contributed by atoms with Crippen LogP contribution >= 0.6 is 23.4 Å². The monoisotopic (exact) mass is 295 g/mol. The zero-order valence-corrected chi connectivity index (χ0v) is 12.1. The molecule has 0 fully saturated rings. The zero-order chi connectivity index (χ0) is 13.8. The van der Waals surface area contributed by atoms with Crippen LogP contribution in [0.2, 0.25) is 5.02 Å². The Morgan fingerprint density at radius 2 is 2.00 bits per heavy atom. The lowest BCUT2D eigenvalue weighted by Crippen LogP contribution is -2.19. The van der Waals surface area contributed by atoms with Crippen LogP contribution in [-0.2, 0) is 6.42 Å². The number of benzene rings is 2. The smallest absolute Gasteiger partial charge is 0.127 e. The van der Waals surface area contributed by atoms with Gasteiger partial charge in [-0.05, 0) is 43.7 Å². The van der Waals surface area contributed by atoms with Crippen molar-refractivity contribution < 1.29 is 4.39 Å². The molecule has 0 aliphatic rings. The SMILES string of the molecule is CC(N)Cc1c(F)cccc1Sc1cccc(Cl)c1. The summed E-state index contributed by atoms with van der Waals surface area (Å²) in [5, 5.41) is 0.676. The maximum absolute atomic E-state index is 13.9. The van der Waals surface area contributed by atoms with Gasteiger partial charge in [-0.2, -0.15) is 0 Å². The number of hydrogen-bond acceptors (Lipinski definition) is 2. The van der Waals surface area contributed by atoms with Gasteiger partial charge in [-0.3, -0.25) is 0 Å². The van der Waals surface area contributed by atoms with Crippen molar-refractivity contribution >= 4 is 23.4 Å². The Balaban J connectivity index is 2.31. The van der Waals surface area contributed by atoms with Crippen LogP contribution in [0.5, 0.6) is 0 Å². The standard InChI is InChI=1S/C15H15ClFNS/c1-10(18)8-13-14(17)6-3-7-15(13)19-12-5-2-4-11(16)9-12/h2-7,9-10H,8,18H2,1H3. The van der Waals surface area contributed by atoms with Gasteiger partial charge in [0.25, 0.3) is 0 Å². The third kappa shape index (κ3) is 3.96. The van der Waals surface area contributed by atoms with E-state index in [1.54, 1.807) is 6.07 Å². The Kier molecular flexibility index (Phi) is 4.86. The average molecular weight is 296 g/mol. The second kappa shape index (κ2) is 6.42. The molecule has 1 atom stereocenters. The minimum absolute atomic E-state index is 0.0735. The predicted octanol–water partition coefficient (Wildman–Crippen LogP) is 4.52. The van der Waals surface area contributed by atoms with Crippen LogP contribution in [0.4, 0.5) is 4.39 Å². The molecule has 2 rings (SSSR count). The summed E-state index contributed by atoms with van der Waals surface area (Å²) >= 11 is 7.46. The average Bonchev–Trinajstić information content (AvgIpc) is 2.33. The van der Waals surface area contributed by atoms with E-state index < -0.39 is 0 Å². The van der Waals surface area contributed by atoms with Crippen molar-refractivity contribution in [2.75, 3.05) is 0 Å². The summed E-state index contributed by atoms with van der Waals surface area (Å²) in [5.74, 6) is -0.204. The van der Waals surface area contributed by atoms with Gasteiger partial charge in [0.15, 0.2) is 0 Å². The molecule has 4 heteroatoms. The first kappa shape index (κ1) is 14.4. The molecule has 1 unspecified atom stereocenters. The molecule has 0 radical (unpaired) electrons. The van der Waals surface area contributed by atoms with E-state index in [0.29, 0.717) is 17.0 Å². The molecule has 0 bridgehead atoms. The molecule has 0 aliphatic heterocycles. The highest BCUT2D eigenvalue weighted by Gasteiger charge is 2.11. The normalized spacial score (nSPS) is 12.4. The number of rotatable bonds is 4. The van der Waals surface area contributed by atoms with Crippen LogP contribution in [0.1, 0.15) is 12.5 Å². The van der Waals surface area contributed by atoms with Gasteiger partial charge >= 0.3 is 0 Å². The van der Waals surface area contributed by atoms with Crippen LogP contribution in [0.3, 0.4) is 0 Å².